The second-order valence-corrected chi connectivity index (χ2v) is 5.55. The van der Waals surface area contributed by atoms with Crippen LogP contribution in [0.2, 0.25) is 0 Å². The summed E-state index contributed by atoms with van der Waals surface area (Å²) >= 11 is 0. The molecule has 0 aromatic heterocycles. The molecule has 1 aromatic carbocycles. The van der Waals surface area contributed by atoms with Crippen molar-refractivity contribution in [2.45, 2.75) is 45.1 Å². The third-order valence-electron chi connectivity index (χ3n) is 4.42. The standard InChI is InChI=1S/C17H24O2/c1-3-13-9-11-14(12-10-13)16(18)17(19-2)15-7-5-4-6-8-15/h4-8,13-14,17H,3,9-12H2,1-2H3. The van der Waals surface area contributed by atoms with E-state index in [0.717, 1.165) is 24.3 Å². The highest BCUT2D eigenvalue weighted by Gasteiger charge is 2.31. The van der Waals surface area contributed by atoms with Gasteiger partial charge in [-0.1, -0.05) is 43.7 Å². The van der Waals surface area contributed by atoms with Gasteiger partial charge in [-0.25, -0.2) is 0 Å². The maximum Gasteiger partial charge on any atom is 0.169 e. The van der Waals surface area contributed by atoms with Gasteiger partial charge >= 0.3 is 0 Å². The number of benzene rings is 1. The van der Waals surface area contributed by atoms with Crippen LogP contribution in [0.3, 0.4) is 0 Å². The molecule has 0 aliphatic heterocycles. The minimum atomic E-state index is -0.385. The van der Waals surface area contributed by atoms with Crippen molar-refractivity contribution in [2.24, 2.45) is 11.8 Å². The van der Waals surface area contributed by atoms with E-state index >= 15 is 0 Å². The molecule has 1 fully saturated rings. The van der Waals surface area contributed by atoms with E-state index in [0.29, 0.717) is 0 Å². The first-order valence-corrected chi connectivity index (χ1v) is 7.37. The van der Waals surface area contributed by atoms with E-state index in [-0.39, 0.29) is 17.8 Å². The minimum absolute atomic E-state index is 0.188. The lowest BCUT2D eigenvalue weighted by molar-refractivity contribution is -0.134. The maximum atomic E-state index is 12.6. The number of rotatable bonds is 5. The van der Waals surface area contributed by atoms with Gasteiger partial charge in [0.05, 0.1) is 0 Å². The molecular weight excluding hydrogens is 236 g/mol. The van der Waals surface area contributed by atoms with Gasteiger partial charge in [0.15, 0.2) is 5.78 Å². The lowest BCUT2D eigenvalue weighted by Crippen LogP contribution is -2.27. The third kappa shape index (κ3) is 3.44. The van der Waals surface area contributed by atoms with E-state index in [4.69, 9.17) is 4.74 Å². The van der Waals surface area contributed by atoms with Gasteiger partial charge in [0.2, 0.25) is 0 Å². The second-order valence-electron chi connectivity index (χ2n) is 5.55. The molecule has 2 rings (SSSR count). The van der Waals surface area contributed by atoms with Crippen LogP contribution in [0.25, 0.3) is 0 Å². The van der Waals surface area contributed by atoms with Gasteiger partial charge in [0, 0.05) is 13.0 Å². The highest BCUT2D eigenvalue weighted by molar-refractivity contribution is 5.86. The van der Waals surface area contributed by atoms with Gasteiger partial charge in [-0.15, -0.1) is 0 Å². The first-order chi connectivity index (χ1) is 9.26. The largest absolute Gasteiger partial charge is 0.369 e. The highest BCUT2D eigenvalue weighted by atomic mass is 16.5. The zero-order chi connectivity index (χ0) is 13.7. The van der Waals surface area contributed by atoms with E-state index in [9.17, 15) is 4.79 Å². The Labute approximate surface area is 116 Å². The molecule has 104 valence electrons. The average Bonchev–Trinajstić information content (AvgIpc) is 2.49. The third-order valence-corrected chi connectivity index (χ3v) is 4.42. The van der Waals surface area contributed by atoms with Crippen molar-refractivity contribution < 1.29 is 9.53 Å². The molecule has 1 atom stereocenters. The molecule has 0 saturated heterocycles. The Morgan fingerprint density at radius 3 is 2.37 bits per heavy atom. The van der Waals surface area contributed by atoms with Crippen LogP contribution in [0.4, 0.5) is 0 Å². The quantitative estimate of drug-likeness (QED) is 0.794. The summed E-state index contributed by atoms with van der Waals surface area (Å²) in [5.74, 6) is 1.28. The number of carbonyl (C=O) groups is 1. The van der Waals surface area contributed by atoms with E-state index in [1.165, 1.54) is 19.3 Å². The Morgan fingerprint density at radius 2 is 1.84 bits per heavy atom. The van der Waals surface area contributed by atoms with Crippen molar-refractivity contribution in [1.29, 1.82) is 0 Å². The van der Waals surface area contributed by atoms with Crippen LogP contribution in [0.5, 0.6) is 0 Å². The predicted octanol–water partition coefficient (Wildman–Crippen LogP) is 4.16. The van der Waals surface area contributed by atoms with Gasteiger partial charge in [-0.05, 0) is 37.2 Å². The Morgan fingerprint density at radius 1 is 1.21 bits per heavy atom. The van der Waals surface area contributed by atoms with Crippen LogP contribution in [0, 0.1) is 11.8 Å². The molecule has 0 N–H and O–H groups in total. The van der Waals surface area contributed by atoms with Crippen LogP contribution in [-0.4, -0.2) is 12.9 Å². The van der Waals surface area contributed by atoms with Crippen LogP contribution in [0.15, 0.2) is 30.3 Å². The molecule has 2 heteroatoms. The van der Waals surface area contributed by atoms with Crippen molar-refractivity contribution in [3.63, 3.8) is 0 Å². The van der Waals surface area contributed by atoms with Crippen molar-refractivity contribution in [1.82, 2.24) is 0 Å². The molecular formula is C17H24O2. The van der Waals surface area contributed by atoms with Crippen LogP contribution in [-0.2, 0) is 9.53 Å². The van der Waals surface area contributed by atoms with Crippen molar-refractivity contribution in [3.05, 3.63) is 35.9 Å². The SMILES string of the molecule is CCC1CCC(C(=O)C(OC)c2ccccc2)CC1. The number of Topliss-reactive ketones (excluding diaryl/α,β-unsaturated/α-hetero) is 1. The van der Waals surface area contributed by atoms with Gasteiger partial charge in [0.1, 0.15) is 6.10 Å². The molecule has 0 amide bonds. The Bertz CT molecular complexity index is 391. The summed E-state index contributed by atoms with van der Waals surface area (Å²) in [7, 11) is 1.63. The Kier molecular flexibility index (Phi) is 5.15. The molecule has 1 saturated carbocycles. The molecule has 0 radical (unpaired) electrons. The predicted molar refractivity (Wildman–Crippen MR) is 76.9 cm³/mol. The maximum absolute atomic E-state index is 12.6. The summed E-state index contributed by atoms with van der Waals surface area (Å²) in [5.41, 5.74) is 0.979. The molecule has 1 unspecified atom stereocenters. The smallest absolute Gasteiger partial charge is 0.169 e. The van der Waals surface area contributed by atoms with Gasteiger partial charge < -0.3 is 4.74 Å². The summed E-state index contributed by atoms with van der Waals surface area (Å²) < 4.78 is 5.46. The summed E-state index contributed by atoms with van der Waals surface area (Å²) in [4.78, 5) is 12.6. The zero-order valence-corrected chi connectivity index (χ0v) is 12.0. The van der Waals surface area contributed by atoms with Crippen LogP contribution < -0.4 is 0 Å². The van der Waals surface area contributed by atoms with Crippen molar-refractivity contribution in [2.75, 3.05) is 7.11 Å². The van der Waals surface area contributed by atoms with E-state index in [1.54, 1.807) is 7.11 Å². The second kappa shape index (κ2) is 6.85. The Balaban J connectivity index is 2.02. The van der Waals surface area contributed by atoms with E-state index < -0.39 is 0 Å². The molecule has 1 aromatic rings. The van der Waals surface area contributed by atoms with Crippen molar-refractivity contribution in [3.8, 4) is 0 Å². The lowest BCUT2D eigenvalue weighted by Gasteiger charge is -2.29. The molecule has 19 heavy (non-hydrogen) atoms. The highest BCUT2D eigenvalue weighted by Crippen LogP contribution is 2.34. The van der Waals surface area contributed by atoms with Crippen molar-refractivity contribution >= 4 is 5.78 Å². The first-order valence-electron chi connectivity index (χ1n) is 7.37. The molecule has 0 bridgehead atoms. The number of ether oxygens (including phenoxy) is 1. The monoisotopic (exact) mass is 260 g/mol. The number of methoxy groups -OCH3 is 1. The molecule has 0 spiro atoms. The molecule has 0 heterocycles. The molecule has 1 aliphatic carbocycles. The first kappa shape index (κ1) is 14.3. The number of ketones is 1. The Hall–Kier alpha value is -1.15. The summed E-state index contributed by atoms with van der Waals surface area (Å²) in [6.45, 7) is 2.24. The van der Waals surface area contributed by atoms with Crippen LogP contribution >= 0.6 is 0 Å². The molecule has 2 nitrogen and oxygen atoms in total. The van der Waals surface area contributed by atoms with E-state index in [2.05, 4.69) is 6.92 Å². The minimum Gasteiger partial charge on any atom is -0.369 e. The van der Waals surface area contributed by atoms with E-state index in [1.807, 2.05) is 30.3 Å². The molecule has 1 aliphatic rings. The summed E-state index contributed by atoms with van der Waals surface area (Å²) in [5, 5.41) is 0. The fourth-order valence-corrected chi connectivity index (χ4v) is 3.11. The summed E-state index contributed by atoms with van der Waals surface area (Å²) in [6.07, 6.45) is 5.31. The average molecular weight is 260 g/mol. The fourth-order valence-electron chi connectivity index (χ4n) is 3.11. The number of hydrogen-bond acceptors (Lipinski definition) is 2. The van der Waals surface area contributed by atoms with Crippen LogP contribution in [0.1, 0.15) is 50.7 Å². The van der Waals surface area contributed by atoms with Gasteiger partial charge in [0.25, 0.3) is 0 Å². The lowest BCUT2D eigenvalue weighted by atomic mass is 9.77. The van der Waals surface area contributed by atoms with Gasteiger partial charge in [-0.2, -0.15) is 0 Å². The summed E-state index contributed by atoms with van der Waals surface area (Å²) in [6, 6.07) is 9.84. The topological polar surface area (TPSA) is 26.3 Å². The van der Waals surface area contributed by atoms with Gasteiger partial charge in [-0.3, -0.25) is 4.79 Å². The fraction of sp³-hybridized carbons (Fsp3) is 0.588. The normalized spacial score (nSPS) is 24.9. The number of carbonyl (C=O) groups excluding carboxylic acids is 1. The number of hydrogen-bond donors (Lipinski definition) is 0. The zero-order valence-electron chi connectivity index (χ0n) is 12.0.